The Labute approximate surface area is 144 Å². The third kappa shape index (κ3) is 2.52. The predicted molar refractivity (Wildman–Crippen MR) is 95.6 cm³/mol. The standard InChI is InChI=1S/C20H28N2O2/c1-19(12-6-3-7-13-19)20(2,17(21)23)18(24)22-14-8-10-15-9-4-5-11-16(15)22/h4-5,9,11H,3,6-8,10,12-14H2,1-2H3,(H2,21,23). The molecule has 0 bridgehead atoms. The van der Waals surface area contributed by atoms with Gasteiger partial charge in [-0.1, -0.05) is 44.4 Å². The molecule has 1 unspecified atom stereocenters. The van der Waals surface area contributed by atoms with Crippen LogP contribution in [0.5, 0.6) is 0 Å². The fourth-order valence-corrected chi connectivity index (χ4v) is 4.51. The number of hydrogen-bond acceptors (Lipinski definition) is 2. The van der Waals surface area contributed by atoms with Crippen molar-refractivity contribution in [3.05, 3.63) is 29.8 Å². The van der Waals surface area contributed by atoms with Gasteiger partial charge in [-0.05, 0) is 49.7 Å². The van der Waals surface area contributed by atoms with E-state index >= 15 is 0 Å². The minimum atomic E-state index is -1.15. The number of benzene rings is 1. The molecule has 0 spiro atoms. The molecule has 4 heteroatoms. The van der Waals surface area contributed by atoms with Gasteiger partial charge in [-0.2, -0.15) is 0 Å². The fraction of sp³-hybridized carbons (Fsp3) is 0.600. The SMILES string of the molecule is CC1(C(C)(C(N)=O)C(=O)N2CCCc3ccccc32)CCCCC1. The van der Waals surface area contributed by atoms with Crippen molar-refractivity contribution in [2.45, 2.75) is 58.8 Å². The number of hydrogen-bond donors (Lipinski definition) is 1. The first-order valence-electron chi connectivity index (χ1n) is 9.10. The third-order valence-electron chi connectivity index (χ3n) is 6.44. The smallest absolute Gasteiger partial charge is 0.242 e. The Bertz CT molecular complexity index is 649. The molecule has 1 aliphatic carbocycles. The highest BCUT2D eigenvalue weighted by Gasteiger charge is 2.56. The van der Waals surface area contributed by atoms with E-state index in [2.05, 4.69) is 13.0 Å². The van der Waals surface area contributed by atoms with Crippen LogP contribution in [0.15, 0.2) is 24.3 Å². The highest BCUT2D eigenvalue weighted by Crippen LogP contribution is 2.51. The van der Waals surface area contributed by atoms with Gasteiger partial charge >= 0.3 is 0 Å². The van der Waals surface area contributed by atoms with Crippen molar-refractivity contribution >= 4 is 17.5 Å². The summed E-state index contributed by atoms with van der Waals surface area (Å²) in [5.41, 5.74) is 6.44. The van der Waals surface area contributed by atoms with E-state index in [9.17, 15) is 9.59 Å². The van der Waals surface area contributed by atoms with Crippen molar-refractivity contribution < 1.29 is 9.59 Å². The van der Waals surface area contributed by atoms with E-state index in [1.165, 1.54) is 12.0 Å². The van der Waals surface area contributed by atoms with Crippen molar-refractivity contribution in [1.82, 2.24) is 0 Å². The van der Waals surface area contributed by atoms with Gasteiger partial charge in [0.05, 0.1) is 0 Å². The summed E-state index contributed by atoms with van der Waals surface area (Å²) in [5.74, 6) is -0.605. The predicted octanol–water partition coefficient (Wildman–Crippen LogP) is 3.43. The molecule has 2 amide bonds. The maximum Gasteiger partial charge on any atom is 0.242 e. The van der Waals surface area contributed by atoms with Crippen LogP contribution in [-0.2, 0) is 16.0 Å². The average Bonchev–Trinajstić information content (AvgIpc) is 2.60. The Kier molecular flexibility index (Phi) is 4.41. The van der Waals surface area contributed by atoms with Crippen LogP contribution in [0.4, 0.5) is 5.69 Å². The quantitative estimate of drug-likeness (QED) is 0.864. The summed E-state index contributed by atoms with van der Waals surface area (Å²) >= 11 is 0. The second-order valence-corrected chi connectivity index (χ2v) is 7.80. The molecule has 24 heavy (non-hydrogen) atoms. The summed E-state index contributed by atoms with van der Waals surface area (Å²) in [7, 11) is 0. The lowest BCUT2D eigenvalue weighted by Gasteiger charge is -2.48. The van der Waals surface area contributed by atoms with Gasteiger partial charge in [0.1, 0.15) is 5.41 Å². The number of carbonyl (C=O) groups excluding carboxylic acids is 2. The van der Waals surface area contributed by atoms with Crippen LogP contribution in [0.3, 0.4) is 0 Å². The summed E-state index contributed by atoms with van der Waals surface area (Å²) in [6.45, 7) is 4.51. The number of para-hydroxylation sites is 1. The van der Waals surface area contributed by atoms with Crippen molar-refractivity contribution in [2.24, 2.45) is 16.6 Å². The zero-order chi connectivity index (χ0) is 17.4. The van der Waals surface area contributed by atoms with E-state index in [1.54, 1.807) is 6.92 Å². The molecular formula is C20H28N2O2. The summed E-state index contributed by atoms with van der Waals surface area (Å²) in [4.78, 5) is 27.9. The third-order valence-corrected chi connectivity index (χ3v) is 6.44. The second-order valence-electron chi connectivity index (χ2n) is 7.80. The number of nitrogens with two attached hydrogens (primary N) is 1. The van der Waals surface area contributed by atoms with Crippen LogP contribution in [0.1, 0.15) is 57.9 Å². The minimum Gasteiger partial charge on any atom is -0.369 e. The average molecular weight is 328 g/mol. The number of anilines is 1. The van der Waals surface area contributed by atoms with Gasteiger partial charge in [-0.15, -0.1) is 0 Å². The number of rotatable bonds is 3. The van der Waals surface area contributed by atoms with Gasteiger partial charge in [0.25, 0.3) is 0 Å². The van der Waals surface area contributed by atoms with Crippen LogP contribution in [0, 0.1) is 10.8 Å². The molecule has 4 nitrogen and oxygen atoms in total. The lowest BCUT2D eigenvalue weighted by molar-refractivity contribution is -0.149. The molecule has 1 saturated carbocycles. The first-order chi connectivity index (χ1) is 11.4. The minimum absolute atomic E-state index is 0.119. The zero-order valence-electron chi connectivity index (χ0n) is 14.8. The second kappa shape index (κ2) is 6.23. The molecule has 1 heterocycles. The summed E-state index contributed by atoms with van der Waals surface area (Å²) in [5, 5.41) is 0. The number of nitrogens with zero attached hydrogens (tertiary/aromatic N) is 1. The molecule has 1 aromatic carbocycles. The van der Waals surface area contributed by atoms with E-state index < -0.39 is 11.3 Å². The highest BCUT2D eigenvalue weighted by atomic mass is 16.2. The van der Waals surface area contributed by atoms with Gasteiger partial charge in [-0.3, -0.25) is 9.59 Å². The number of carbonyl (C=O) groups is 2. The zero-order valence-corrected chi connectivity index (χ0v) is 14.8. The van der Waals surface area contributed by atoms with Crippen molar-refractivity contribution in [2.75, 3.05) is 11.4 Å². The highest BCUT2D eigenvalue weighted by molar-refractivity contribution is 6.12. The topological polar surface area (TPSA) is 63.4 Å². The van der Waals surface area contributed by atoms with E-state index in [4.69, 9.17) is 5.73 Å². The molecule has 0 saturated heterocycles. The fourth-order valence-electron chi connectivity index (χ4n) is 4.51. The van der Waals surface area contributed by atoms with Crippen LogP contribution >= 0.6 is 0 Å². The molecule has 3 rings (SSSR count). The van der Waals surface area contributed by atoms with Gasteiger partial charge in [0.15, 0.2) is 0 Å². The Hall–Kier alpha value is -1.84. The molecule has 1 aliphatic heterocycles. The van der Waals surface area contributed by atoms with Crippen LogP contribution < -0.4 is 10.6 Å². The molecule has 2 N–H and O–H groups in total. The molecule has 130 valence electrons. The normalized spacial score (nSPS) is 22.3. The Morgan fingerprint density at radius 2 is 1.79 bits per heavy atom. The Morgan fingerprint density at radius 1 is 1.12 bits per heavy atom. The largest absolute Gasteiger partial charge is 0.369 e. The summed E-state index contributed by atoms with van der Waals surface area (Å²) < 4.78 is 0. The number of primary amides is 1. The summed E-state index contributed by atoms with van der Waals surface area (Å²) in [6, 6.07) is 8.01. The molecule has 0 aromatic heterocycles. The first-order valence-corrected chi connectivity index (χ1v) is 9.10. The first kappa shape index (κ1) is 17.0. The van der Waals surface area contributed by atoms with Gasteiger partial charge in [0.2, 0.25) is 11.8 Å². The molecule has 0 radical (unpaired) electrons. The van der Waals surface area contributed by atoms with Crippen LogP contribution in [-0.4, -0.2) is 18.4 Å². The maximum atomic E-state index is 13.6. The monoisotopic (exact) mass is 328 g/mol. The van der Waals surface area contributed by atoms with Crippen molar-refractivity contribution in [3.63, 3.8) is 0 Å². The Morgan fingerprint density at radius 3 is 2.46 bits per heavy atom. The van der Waals surface area contributed by atoms with E-state index in [-0.39, 0.29) is 11.3 Å². The molecular weight excluding hydrogens is 300 g/mol. The number of fused-ring (bicyclic) bond motifs is 1. The van der Waals surface area contributed by atoms with E-state index in [0.717, 1.165) is 44.2 Å². The van der Waals surface area contributed by atoms with Crippen molar-refractivity contribution in [3.8, 4) is 0 Å². The number of aryl methyl sites for hydroxylation is 1. The summed E-state index contributed by atoms with van der Waals surface area (Å²) in [6.07, 6.45) is 6.96. The van der Waals surface area contributed by atoms with Crippen LogP contribution in [0.25, 0.3) is 0 Å². The lowest BCUT2D eigenvalue weighted by atomic mass is 9.57. The number of amides is 2. The maximum absolute atomic E-state index is 13.6. The lowest BCUT2D eigenvalue weighted by Crippen LogP contribution is -2.59. The van der Waals surface area contributed by atoms with Crippen LogP contribution in [0.2, 0.25) is 0 Å². The molecule has 1 atom stereocenters. The van der Waals surface area contributed by atoms with Gasteiger partial charge in [0, 0.05) is 12.2 Å². The van der Waals surface area contributed by atoms with E-state index in [0.29, 0.717) is 6.54 Å². The van der Waals surface area contributed by atoms with Crippen molar-refractivity contribution in [1.29, 1.82) is 0 Å². The molecule has 1 fully saturated rings. The van der Waals surface area contributed by atoms with Gasteiger partial charge in [-0.25, -0.2) is 0 Å². The Balaban J connectivity index is 2.01. The van der Waals surface area contributed by atoms with E-state index in [1.807, 2.05) is 23.1 Å². The van der Waals surface area contributed by atoms with Gasteiger partial charge < -0.3 is 10.6 Å². The molecule has 1 aromatic rings. The molecule has 2 aliphatic rings.